The van der Waals surface area contributed by atoms with Crippen molar-refractivity contribution in [2.75, 3.05) is 6.54 Å². The molecule has 0 heterocycles. The molecule has 0 spiro atoms. The number of halogens is 1. The molecule has 1 fully saturated rings. The molecule has 0 radical (unpaired) electrons. The number of hydrogen-bond acceptors (Lipinski definition) is 1. The molecular formula is C13H18FN. The molecule has 82 valence electrons. The summed E-state index contributed by atoms with van der Waals surface area (Å²) in [5, 5.41) is 0. The maximum absolute atomic E-state index is 13.1. The van der Waals surface area contributed by atoms with Crippen LogP contribution in [0.15, 0.2) is 18.2 Å². The maximum Gasteiger partial charge on any atom is 0.126 e. The molecule has 2 unspecified atom stereocenters. The Labute approximate surface area is 90.5 Å². The van der Waals surface area contributed by atoms with Gasteiger partial charge in [0.15, 0.2) is 0 Å². The van der Waals surface area contributed by atoms with Crippen molar-refractivity contribution in [1.29, 1.82) is 0 Å². The normalized spacial score (nSPS) is 27.8. The first kappa shape index (κ1) is 10.6. The van der Waals surface area contributed by atoms with Crippen molar-refractivity contribution in [3.8, 4) is 0 Å². The second-order valence-electron chi connectivity index (χ2n) is 5.15. The van der Waals surface area contributed by atoms with Crippen molar-refractivity contribution < 1.29 is 4.39 Å². The SMILES string of the molecule is Cc1cc(C2C(CN)C2(C)C)ccc1F. The minimum absolute atomic E-state index is 0.124. The molecule has 2 atom stereocenters. The highest BCUT2D eigenvalue weighted by molar-refractivity contribution is 5.35. The summed E-state index contributed by atoms with van der Waals surface area (Å²) in [4.78, 5) is 0. The van der Waals surface area contributed by atoms with Crippen LogP contribution < -0.4 is 5.73 Å². The van der Waals surface area contributed by atoms with Crippen LogP contribution in [0.2, 0.25) is 0 Å². The Kier molecular flexibility index (Phi) is 2.34. The zero-order valence-corrected chi connectivity index (χ0v) is 9.55. The lowest BCUT2D eigenvalue weighted by Gasteiger charge is -2.04. The van der Waals surface area contributed by atoms with Crippen LogP contribution in [0.5, 0.6) is 0 Å². The number of hydrogen-bond donors (Lipinski definition) is 1. The lowest BCUT2D eigenvalue weighted by Crippen LogP contribution is -2.05. The molecule has 0 bridgehead atoms. The summed E-state index contributed by atoms with van der Waals surface area (Å²) in [5.41, 5.74) is 7.97. The molecule has 1 aromatic carbocycles. The van der Waals surface area contributed by atoms with Crippen LogP contribution >= 0.6 is 0 Å². The smallest absolute Gasteiger partial charge is 0.126 e. The van der Waals surface area contributed by atoms with Crippen LogP contribution in [0.1, 0.15) is 30.9 Å². The van der Waals surface area contributed by atoms with Crippen molar-refractivity contribution in [3.05, 3.63) is 35.1 Å². The third-order valence-corrected chi connectivity index (χ3v) is 3.85. The van der Waals surface area contributed by atoms with E-state index in [0.717, 1.165) is 5.56 Å². The first-order chi connectivity index (χ1) is 6.98. The van der Waals surface area contributed by atoms with E-state index in [2.05, 4.69) is 13.8 Å². The van der Waals surface area contributed by atoms with E-state index in [1.165, 1.54) is 5.56 Å². The molecule has 1 saturated carbocycles. The van der Waals surface area contributed by atoms with E-state index in [0.29, 0.717) is 18.4 Å². The van der Waals surface area contributed by atoms with Crippen molar-refractivity contribution >= 4 is 0 Å². The molecule has 0 saturated heterocycles. The van der Waals surface area contributed by atoms with E-state index in [9.17, 15) is 4.39 Å². The van der Waals surface area contributed by atoms with Crippen molar-refractivity contribution in [1.82, 2.24) is 0 Å². The minimum Gasteiger partial charge on any atom is -0.330 e. The van der Waals surface area contributed by atoms with Gasteiger partial charge in [-0.15, -0.1) is 0 Å². The van der Waals surface area contributed by atoms with Gasteiger partial charge < -0.3 is 5.73 Å². The van der Waals surface area contributed by atoms with Crippen LogP contribution in [0.3, 0.4) is 0 Å². The third-order valence-electron chi connectivity index (χ3n) is 3.85. The Bertz CT molecular complexity index is 384. The van der Waals surface area contributed by atoms with Crippen molar-refractivity contribution in [3.63, 3.8) is 0 Å². The maximum atomic E-state index is 13.1. The van der Waals surface area contributed by atoms with Gasteiger partial charge in [-0.3, -0.25) is 0 Å². The van der Waals surface area contributed by atoms with E-state index in [1.807, 2.05) is 19.1 Å². The summed E-state index contributed by atoms with van der Waals surface area (Å²) in [7, 11) is 0. The standard InChI is InChI=1S/C13H18FN/c1-8-6-9(4-5-11(8)14)12-10(7-15)13(12,2)3/h4-6,10,12H,7,15H2,1-3H3. The summed E-state index contributed by atoms with van der Waals surface area (Å²) in [6.45, 7) is 6.99. The van der Waals surface area contributed by atoms with Gasteiger partial charge in [0.1, 0.15) is 5.82 Å². The van der Waals surface area contributed by atoms with Crippen LogP contribution in [-0.2, 0) is 0 Å². The fraction of sp³-hybridized carbons (Fsp3) is 0.538. The monoisotopic (exact) mass is 207 g/mol. The van der Waals surface area contributed by atoms with E-state index >= 15 is 0 Å². The van der Waals surface area contributed by atoms with Crippen molar-refractivity contribution in [2.24, 2.45) is 17.1 Å². The van der Waals surface area contributed by atoms with Gasteiger partial charge in [-0.05, 0) is 47.9 Å². The first-order valence-electron chi connectivity index (χ1n) is 5.44. The topological polar surface area (TPSA) is 26.0 Å². The summed E-state index contributed by atoms with van der Waals surface area (Å²) >= 11 is 0. The number of rotatable bonds is 2. The molecule has 15 heavy (non-hydrogen) atoms. The second kappa shape index (κ2) is 3.31. The molecule has 2 rings (SSSR count). The molecule has 1 aliphatic carbocycles. The Balaban J connectivity index is 2.29. The number of nitrogens with two attached hydrogens (primary N) is 1. The third kappa shape index (κ3) is 1.57. The highest BCUT2D eigenvalue weighted by Crippen LogP contribution is 2.63. The highest BCUT2D eigenvalue weighted by Gasteiger charge is 2.57. The molecular weight excluding hydrogens is 189 g/mol. The molecule has 1 nitrogen and oxygen atoms in total. The Morgan fingerprint density at radius 3 is 2.53 bits per heavy atom. The Morgan fingerprint density at radius 2 is 2.07 bits per heavy atom. The molecule has 2 N–H and O–H groups in total. The molecule has 1 aromatic rings. The molecule has 1 aliphatic rings. The fourth-order valence-electron chi connectivity index (χ4n) is 2.71. The zero-order chi connectivity index (χ0) is 11.2. The first-order valence-corrected chi connectivity index (χ1v) is 5.44. The highest BCUT2D eigenvalue weighted by atomic mass is 19.1. The Hall–Kier alpha value is -0.890. The van der Waals surface area contributed by atoms with E-state index in [4.69, 9.17) is 5.73 Å². The van der Waals surface area contributed by atoms with E-state index < -0.39 is 0 Å². The van der Waals surface area contributed by atoms with Gasteiger partial charge in [-0.25, -0.2) is 4.39 Å². The summed E-state index contributed by atoms with van der Waals surface area (Å²) in [6, 6.07) is 5.41. The number of aryl methyl sites for hydroxylation is 1. The van der Waals surface area contributed by atoms with Gasteiger partial charge in [-0.2, -0.15) is 0 Å². The average molecular weight is 207 g/mol. The summed E-state index contributed by atoms with van der Waals surface area (Å²) < 4.78 is 13.1. The van der Waals surface area contributed by atoms with Crippen LogP contribution in [-0.4, -0.2) is 6.54 Å². The largest absolute Gasteiger partial charge is 0.330 e. The number of benzene rings is 1. The molecule has 2 heteroatoms. The zero-order valence-electron chi connectivity index (χ0n) is 9.55. The average Bonchev–Trinajstić information content (AvgIpc) is 2.73. The summed E-state index contributed by atoms with van der Waals surface area (Å²) in [5.74, 6) is 0.922. The summed E-state index contributed by atoms with van der Waals surface area (Å²) in [6.07, 6.45) is 0. The molecule has 0 aliphatic heterocycles. The van der Waals surface area contributed by atoms with Gasteiger partial charge in [0, 0.05) is 0 Å². The van der Waals surface area contributed by atoms with Gasteiger partial charge >= 0.3 is 0 Å². The molecule has 0 aromatic heterocycles. The fourth-order valence-corrected chi connectivity index (χ4v) is 2.71. The quantitative estimate of drug-likeness (QED) is 0.793. The minimum atomic E-state index is -0.124. The van der Waals surface area contributed by atoms with Gasteiger partial charge in [0.25, 0.3) is 0 Å². The predicted octanol–water partition coefficient (Wildman–Crippen LogP) is 2.83. The van der Waals surface area contributed by atoms with Crippen LogP contribution in [0.25, 0.3) is 0 Å². The van der Waals surface area contributed by atoms with Crippen LogP contribution in [0, 0.1) is 24.1 Å². The van der Waals surface area contributed by atoms with E-state index in [-0.39, 0.29) is 11.2 Å². The van der Waals surface area contributed by atoms with Gasteiger partial charge in [0.2, 0.25) is 0 Å². The van der Waals surface area contributed by atoms with Gasteiger partial charge in [0.05, 0.1) is 0 Å². The van der Waals surface area contributed by atoms with Gasteiger partial charge in [-0.1, -0.05) is 26.0 Å². The van der Waals surface area contributed by atoms with Crippen LogP contribution in [0.4, 0.5) is 4.39 Å². The lowest BCUT2D eigenvalue weighted by atomic mass is 10.0. The van der Waals surface area contributed by atoms with E-state index in [1.54, 1.807) is 6.07 Å². The Morgan fingerprint density at radius 1 is 1.40 bits per heavy atom. The predicted molar refractivity (Wildman–Crippen MR) is 60.2 cm³/mol. The van der Waals surface area contributed by atoms with Crippen molar-refractivity contribution in [2.45, 2.75) is 26.7 Å². The second-order valence-corrected chi connectivity index (χ2v) is 5.15. The molecule has 0 amide bonds. The lowest BCUT2D eigenvalue weighted by molar-refractivity contribution is 0.558.